The van der Waals surface area contributed by atoms with Crippen molar-refractivity contribution in [2.45, 2.75) is 13.0 Å². The van der Waals surface area contributed by atoms with Gasteiger partial charge in [0.15, 0.2) is 5.82 Å². The average Bonchev–Trinajstić information content (AvgIpc) is 3.05. The monoisotopic (exact) mass is 367 g/mol. The van der Waals surface area contributed by atoms with Crippen molar-refractivity contribution in [3.63, 3.8) is 0 Å². The summed E-state index contributed by atoms with van der Waals surface area (Å²) in [6.45, 7) is 1.71. The van der Waals surface area contributed by atoms with Crippen molar-refractivity contribution in [3.05, 3.63) is 77.0 Å². The summed E-state index contributed by atoms with van der Waals surface area (Å²) in [5, 5.41) is 7.51. The zero-order valence-electron chi connectivity index (χ0n) is 14.3. The fraction of sp³-hybridized carbons (Fsp3) is 0.105. The first-order valence-electron chi connectivity index (χ1n) is 8.19. The number of nitrogens with zero attached hydrogens (tertiary/aromatic N) is 3. The molecule has 1 atom stereocenters. The summed E-state index contributed by atoms with van der Waals surface area (Å²) in [7, 11) is 0. The van der Waals surface area contributed by atoms with Crippen LogP contribution in [0.3, 0.4) is 0 Å². The second-order valence-electron chi connectivity index (χ2n) is 6.19. The molecule has 2 heterocycles. The van der Waals surface area contributed by atoms with Crippen LogP contribution in [0.5, 0.6) is 0 Å². The normalized spacial score (nSPS) is 16.0. The average molecular weight is 367 g/mol. The minimum atomic E-state index is -0.652. The number of fused-ring (bicyclic) bond motifs is 1. The molecule has 3 N–H and O–H groups in total. The molecule has 1 aromatic heterocycles. The van der Waals surface area contributed by atoms with Crippen molar-refractivity contribution in [1.82, 2.24) is 14.8 Å². The fourth-order valence-electron chi connectivity index (χ4n) is 3.14. The first-order valence-corrected chi connectivity index (χ1v) is 8.19. The van der Waals surface area contributed by atoms with Gasteiger partial charge in [-0.25, -0.2) is 13.5 Å². The van der Waals surface area contributed by atoms with Crippen LogP contribution in [0.4, 0.5) is 14.7 Å². The summed E-state index contributed by atoms with van der Waals surface area (Å²) in [6, 6.07) is 10.9. The highest BCUT2D eigenvalue weighted by atomic mass is 19.1. The van der Waals surface area contributed by atoms with Crippen LogP contribution >= 0.6 is 0 Å². The Morgan fingerprint density at radius 1 is 1.07 bits per heavy atom. The number of nitrogens with one attached hydrogen (secondary N) is 1. The molecule has 27 heavy (non-hydrogen) atoms. The smallest absolute Gasteiger partial charge is 0.248 e. The molecule has 3 aromatic rings. The van der Waals surface area contributed by atoms with E-state index in [9.17, 15) is 13.6 Å². The van der Waals surface area contributed by atoms with Crippen molar-refractivity contribution in [2.24, 2.45) is 5.73 Å². The Kier molecular flexibility index (Phi) is 3.95. The number of amides is 1. The molecule has 0 fully saturated rings. The van der Waals surface area contributed by atoms with Gasteiger partial charge in [0.05, 0.1) is 5.57 Å². The maximum Gasteiger partial charge on any atom is 0.248 e. The number of aromatic nitrogens is 3. The zero-order chi connectivity index (χ0) is 19.1. The molecule has 1 amide bonds. The molecule has 0 saturated heterocycles. The molecule has 1 aliphatic rings. The first kappa shape index (κ1) is 16.9. The summed E-state index contributed by atoms with van der Waals surface area (Å²) in [6.07, 6.45) is 0. The van der Waals surface area contributed by atoms with Crippen LogP contribution in [-0.2, 0) is 4.79 Å². The predicted octanol–water partition coefficient (Wildman–Crippen LogP) is 3.00. The van der Waals surface area contributed by atoms with E-state index in [1.807, 2.05) is 0 Å². The van der Waals surface area contributed by atoms with E-state index in [-0.39, 0.29) is 11.6 Å². The summed E-state index contributed by atoms with van der Waals surface area (Å²) in [5.74, 6) is -0.591. The predicted molar refractivity (Wildman–Crippen MR) is 95.5 cm³/mol. The number of allylic oxidation sites excluding steroid dienone is 1. The molecule has 0 spiro atoms. The summed E-state index contributed by atoms with van der Waals surface area (Å²) in [5.41, 5.74) is 7.71. The molecule has 0 saturated carbocycles. The van der Waals surface area contributed by atoms with Crippen LogP contribution in [0, 0.1) is 11.6 Å². The van der Waals surface area contributed by atoms with Gasteiger partial charge < -0.3 is 11.1 Å². The van der Waals surface area contributed by atoms with Crippen molar-refractivity contribution in [2.75, 3.05) is 5.32 Å². The topological polar surface area (TPSA) is 85.8 Å². The lowest BCUT2D eigenvalue weighted by molar-refractivity contribution is -0.115. The molecule has 136 valence electrons. The molecule has 6 nitrogen and oxygen atoms in total. The van der Waals surface area contributed by atoms with Gasteiger partial charge in [-0.3, -0.25) is 4.79 Å². The van der Waals surface area contributed by atoms with E-state index >= 15 is 0 Å². The van der Waals surface area contributed by atoms with E-state index in [0.717, 1.165) is 0 Å². The Hall–Kier alpha value is -3.55. The Morgan fingerprint density at radius 3 is 2.26 bits per heavy atom. The number of nitrogens with two attached hydrogens (primary N) is 1. The highest BCUT2D eigenvalue weighted by Gasteiger charge is 2.33. The molecular formula is C19H15F2N5O. The fourth-order valence-corrected chi connectivity index (χ4v) is 3.14. The minimum Gasteiger partial charge on any atom is -0.366 e. The van der Waals surface area contributed by atoms with E-state index in [2.05, 4.69) is 15.4 Å². The molecule has 0 radical (unpaired) electrons. The molecule has 0 bridgehead atoms. The van der Waals surface area contributed by atoms with E-state index in [1.165, 1.54) is 28.9 Å². The minimum absolute atomic E-state index is 0.310. The van der Waals surface area contributed by atoms with E-state index in [0.29, 0.717) is 34.2 Å². The van der Waals surface area contributed by atoms with Gasteiger partial charge in [-0.1, -0.05) is 12.1 Å². The molecule has 1 unspecified atom stereocenters. The second kappa shape index (κ2) is 6.31. The third-order valence-electron chi connectivity index (χ3n) is 4.41. The van der Waals surface area contributed by atoms with E-state index < -0.39 is 11.9 Å². The number of halogens is 2. The lowest BCUT2D eigenvalue weighted by atomic mass is 9.95. The number of carbonyl (C=O) groups is 1. The number of carbonyl (C=O) groups excluding carboxylic acids is 1. The van der Waals surface area contributed by atoms with Crippen LogP contribution in [0.15, 0.2) is 59.8 Å². The van der Waals surface area contributed by atoms with Gasteiger partial charge in [0.2, 0.25) is 11.9 Å². The van der Waals surface area contributed by atoms with Crippen LogP contribution in [0.25, 0.3) is 11.4 Å². The molecule has 4 rings (SSSR count). The number of primary amides is 1. The Labute approximate surface area is 153 Å². The highest BCUT2D eigenvalue weighted by molar-refractivity contribution is 5.95. The molecule has 2 aromatic carbocycles. The number of benzene rings is 2. The molecule has 0 aliphatic carbocycles. The van der Waals surface area contributed by atoms with E-state index in [1.54, 1.807) is 31.2 Å². The largest absolute Gasteiger partial charge is 0.366 e. The Morgan fingerprint density at radius 2 is 1.67 bits per heavy atom. The van der Waals surface area contributed by atoms with Gasteiger partial charge in [0, 0.05) is 11.3 Å². The van der Waals surface area contributed by atoms with Crippen LogP contribution in [0.1, 0.15) is 18.5 Å². The summed E-state index contributed by atoms with van der Waals surface area (Å²) >= 11 is 0. The lowest BCUT2D eigenvalue weighted by Crippen LogP contribution is -2.31. The molecular weight excluding hydrogens is 352 g/mol. The number of rotatable bonds is 3. The molecule has 8 heteroatoms. The standard InChI is InChI=1S/C19H15F2N5O/c1-10-15(17(22)27)16(11-2-6-13(20)7-3-11)26-19(23-10)24-18(25-26)12-4-8-14(21)9-5-12/h2-9,16H,1H3,(H2,22,27)(H,23,24,25). The SMILES string of the molecule is CC1=C(C(N)=O)C(c2ccc(F)cc2)n2nc(-c3ccc(F)cc3)nc2N1. The summed E-state index contributed by atoms with van der Waals surface area (Å²) in [4.78, 5) is 16.5. The molecule has 1 aliphatic heterocycles. The van der Waals surface area contributed by atoms with Crippen molar-refractivity contribution in [1.29, 1.82) is 0 Å². The van der Waals surface area contributed by atoms with Crippen LogP contribution < -0.4 is 11.1 Å². The third-order valence-corrected chi connectivity index (χ3v) is 4.41. The second-order valence-corrected chi connectivity index (χ2v) is 6.19. The Balaban J connectivity index is 1.87. The van der Waals surface area contributed by atoms with Crippen molar-refractivity contribution < 1.29 is 13.6 Å². The third kappa shape index (κ3) is 2.95. The highest BCUT2D eigenvalue weighted by Crippen LogP contribution is 2.36. The van der Waals surface area contributed by atoms with Crippen LogP contribution in [0.2, 0.25) is 0 Å². The lowest BCUT2D eigenvalue weighted by Gasteiger charge is -2.27. The van der Waals surface area contributed by atoms with Gasteiger partial charge in [0.1, 0.15) is 17.7 Å². The van der Waals surface area contributed by atoms with E-state index in [4.69, 9.17) is 5.73 Å². The van der Waals surface area contributed by atoms with Gasteiger partial charge in [-0.2, -0.15) is 4.98 Å². The first-order chi connectivity index (χ1) is 12.9. The maximum atomic E-state index is 13.4. The number of anilines is 1. The van der Waals surface area contributed by atoms with Crippen molar-refractivity contribution >= 4 is 11.9 Å². The zero-order valence-corrected chi connectivity index (χ0v) is 14.3. The van der Waals surface area contributed by atoms with Crippen LogP contribution in [-0.4, -0.2) is 20.7 Å². The summed E-state index contributed by atoms with van der Waals surface area (Å²) < 4.78 is 28.1. The number of hydrogen-bond acceptors (Lipinski definition) is 4. The van der Waals surface area contributed by atoms with Gasteiger partial charge in [-0.05, 0) is 48.9 Å². The number of hydrogen-bond donors (Lipinski definition) is 2. The van der Waals surface area contributed by atoms with Gasteiger partial charge in [-0.15, -0.1) is 5.10 Å². The van der Waals surface area contributed by atoms with Gasteiger partial charge in [0.25, 0.3) is 0 Å². The van der Waals surface area contributed by atoms with Gasteiger partial charge >= 0.3 is 0 Å². The quantitative estimate of drug-likeness (QED) is 0.745. The Bertz CT molecular complexity index is 1050. The van der Waals surface area contributed by atoms with Crippen molar-refractivity contribution in [3.8, 4) is 11.4 Å². The maximum absolute atomic E-state index is 13.4.